The molecule has 0 fully saturated rings. The van der Waals surface area contributed by atoms with Gasteiger partial charge in [-0.2, -0.15) is 5.41 Å². The van der Waals surface area contributed by atoms with Crippen LogP contribution in [0.15, 0.2) is 0 Å². The Morgan fingerprint density at radius 2 is 2.20 bits per heavy atom. The fraction of sp³-hybridized carbons (Fsp3) is 0. The van der Waals surface area contributed by atoms with Crippen molar-refractivity contribution in [1.29, 1.82) is 0 Å². The van der Waals surface area contributed by atoms with Crippen LogP contribution in [0.3, 0.4) is 0 Å². The highest BCUT2D eigenvalue weighted by Crippen LogP contribution is 1.38. The summed E-state index contributed by atoms with van der Waals surface area (Å²) in [6.45, 7) is 0. The second-order valence-corrected chi connectivity index (χ2v) is 0.467. The van der Waals surface area contributed by atoms with Crippen molar-refractivity contribution in [2.45, 2.75) is 0 Å². The minimum atomic E-state index is -1.31. The van der Waals surface area contributed by atoms with E-state index in [0.717, 1.165) is 0 Å². The molecule has 3 nitrogen and oxygen atoms in total. The summed E-state index contributed by atoms with van der Waals surface area (Å²) in [5.41, 5.74) is 0. The molecule has 0 heterocycles. The number of carboxylic acids is 1. The molecule has 0 aromatic rings. The molecule has 0 aromatic carbocycles. The van der Waals surface area contributed by atoms with Gasteiger partial charge in [-0.3, -0.25) is 0 Å². The van der Waals surface area contributed by atoms with Crippen molar-refractivity contribution in [3.05, 3.63) is 0 Å². The van der Waals surface area contributed by atoms with Crippen LogP contribution < -0.4 is 5.41 Å². The number of aliphatic carboxylic acids is 1. The third kappa shape index (κ3) is 3.14. The molecule has 0 aliphatic carbocycles. The van der Waals surface area contributed by atoms with Crippen LogP contribution in [-0.2, 0) is 4.79 Å². The summed E-state index contributed by atoms with van der Waals surface area (Å²) in [7, 11) is 0. The number of rotatable bonds is 1. The Morgan fingerprint density at radius 1 is 2.00 bits per heavy atom. The molecule has 1 radical (unpaired) electrons. The Kier molecular flexibility index (Phi) is 1.21. The van der Waals surface area contributed by atoms with Gasteiger partial charge in [-0.15, -0.1) is 0 Å². The van der Waals surface area contributed by atoms with E-state index in [9.17, 15) is 0 Å². The smallest absolute Gasteiger partial charge is 0.348 e. The van der Waals surface area contributed by atoms with Crippen LogP contribution in [0.2, 0.25) is 0 Å². The minimum Gasteiger partial charge on any atom is -0.477 e. The standard InChI is InChI=1S/C2H2NO2/c3-1-2(4)5/h1H,(H,4,5). The summed E-state index contributed by atoms with van der Waals surface area (Å²) in [4.78, 5) is 9.06. The molecule has 0 aliphatic rings. The summed E-state index contributed by atoms with van der Waals surface area (Å²) >= 11 is 0. The molecule has 3 heteroatoms. The molecule has 0 spiro atoms. The maximum atomic E-state index is 9.06. The second kappa shape index (κ2) is 1.46. The van der Waals surface area contributed by atoms with Crippen molar-refractivity contribution in [2.75, 3.05) is 0 Å². The van der Waals surface area contributed by atoms with Gasteiger partial charge in [-0.25, -0.2) is 4.79 Å². The topological polar surface area (TPSA) is 59.6 Å². The molecule has 5 heavy (non-hydrogen) atoms. The Labute approximate surface area is 28.7 Å². The van der Waals surface area contributed by atoms with E-state index in [1.54, 1.807) is 0 Å². The van der Waals surface area contributed by atoms with Crippen molar-refractivity contribution in [2.24, 2.45) is 0 Å². The maximum Gasteiger partial charge on any atom is 0.348 e. The van der Waals surface area contributed by atoms with E-state index in [1.807, 2.05) is 0 Å². The molecular formula is C2H2NO2. The van der Waals surface area contributed by atoms with Crippen LogP contribution in [0.4, 0.5) is 0 Å². The first-order valence-corrected chi connectivity index (χ1v) is 0.975. The van der Waals surface area contributed by atoms with Crippen molar-refractivity contribution < 1.29 is 9.90 Å². The van der Waals surface area contributed by atoms with Crippen LogP contribution in [0, 0.1) is 0 Å². The van der Waals surface area contributed by atoms with Gasteiger partial charge in [0, 0.05) is 0 Å². The van der Waals surface area contributed by atoms with Crippen LogP contribution in [0.25, 0.3) is 0 Å². The van der Waals surface area contributed by atoms with E-state index in [1.165, 1.54) is 0 Å². The Balaban J connectivity index is 3.20. The van der Waals surface area contributed by atoms with E-state index in [2.05, 4.69) is 0 Å². The highest BCUT2D eigenvalue weighted by atomic mass is 16.4. The zero-order valence-electron chi connectivity index (χ0n) is 2.38. The number of hydrogen-bond donors (Lipinski definition) is 1. The molecule has 27 valence electrons. The molecule has 0 aliphatic heterocycles. The largest absolute Gasteiger partial charge is 0.477 e. The lowest BCUT2D eigenvalue weighted by atomic mass is 10.8. The van der Waals surface area contributed by atoms with Gasteiger partial charge in [0.05, 0.1) is 0 Å². The van der Waals surface area contributed by atoms with E-state index in [-0.39, 0.29) is 6.21 Å². The Hall–Kier alpha value is -0.860. The highest BCUT2D eigenvalue weighted by Gasteiger charge is 1.77. The molecule has 0 amide bonds. The molecule has 0 saturated heterocycles. The number of nitrogens with zero attached hydrogens (tertiary/aromatic N) is 1. The van der Waals surface area contributed by atoms with Crippen LogP contribution >= 0.6 is 0 Å². The first-order chi connectivity index (χ1) is 2.27. The molecule has 1 N–H and O–H groups in total. The van der Waals surface area contributed by atoms with Gasteiger partial charge in [0.2, 0.25) is 0 Å². The highest BCUT2D eigenvalue weighted by molar-refractivity contribution is 6.20. The van der Waals surface area contributed by atoms with Crippen LogP contribution in [0.5, 0.6) is 0 Å². The molecule has 0 unspecified atom stereocenters. The lowest BCUT2D eigenvalue weighted by molar-refractivity contribution is -0.128. The van der Waals surface area contributed by atoms with E-state index >= 15 is 0 Å². The fourth-order valence-electron chi connectivity index (χ4n) is 0. The van der Waals surface area contributed by atoms with Gasteiger partial charge in [-0.1, -0.05) is 0 Å². The quantitative estimate of drug-likeness (QED) is 0.401. The summed E-state index contributed by atoms with van der Waals surface area (Å²) in [6.07, 6.45) is 0.0833. The monoisotopic (exact) mass is 72.0 g/mol. The lowest BCUT2D eigenvalue weighted by Gasteiger charge is -1.61. The molecule has 0 atom stereocenters. The molecule has 0 aromatic heterocycles. The third-order valence-electron chi connectivity index (χ3n) is 0.110. The first kappa shape index (κ1) is 4.14. The van der Waals surface area contributed by atoms with Crippen molar-refractivity contribution in [1.82, 2.24) is 5.41 Å². The number of carbonyl (C=O) groups is 1. The summed E-state index contributed by atoms with van der Waals surface area (Å²) in [5.74, 6) is -1.31. The SMILES string of the molecule is [N]=CC(=O)O. The van der Waals surface area contributed by atoms with Gasteiger partial charge in [0.1, 0.15) is 6.21 Å². The van der Waals surface area contributed by atoms with E-state index in [4.69, 9.17) is 15.3 Å². The maximum absolute atomic E-state index is 9.06. The molecule has 0 bridgehead atoms. The zero-order valence-corrected chi connectivity index (χ0v) is 2.38. The number of hydrogen-bond acceptors (Lipinski definition) is 1. The average molecular weight is 72.0 g/mol. The summed E-state index contributed by atoms with van der Waals surface area (Å²) in [6, 6.07) is 0. The van der Waals surface area contributed by atoms with Gasteiger partial charge in [-0.05, 0) is 0 Å². The first-order valence-electron chi connectivity index (χ1n) is 0.975. The van der Waals surface area contributed by atoms with Crippen molar-refractivity contribution >= 4 is 12.2 Å². The second-order valence-electron chi connectivity index (χ2n) is 0.467. The third-order valence-corrected chi connectivity index (χ3v) is 0.110. The van der Waals surface area contributed by atoms with Gasteiger partial charge < -0.3 is 5.11 Å². The van der Waals surface area contributed by atoms with E-state index < -0.39 is 5.97 Å². The van der Waals surface area contributed by atoms with Crippen LogP contribution in [-0.4, -0.2) is 17.3 Å². The molecule has 0 rings (SSSR count). The summed E-state index contributed by atoms with van der Waals surface area (Å²) < 4.78 is 0. The normalized spacial score (nSPS) is 6.40. The minimum absolute atomic E-state index is 0.0833. The average Bonchev–Trinajstić information content (AvgIpc) is 1.38. The lowest BCUT2D eigenvalue weighted by Crippen LogP contribution is -1.93. The van der Waals surface area contributed by atoms with E-state index in [0.29, 0.717) is 0 Å². The van der Waals surface area contributed by atoms with Gasteiger partial charge in [0.25, 0.3) is 0 Å². The van der Waals surface area contributed by atoms with Gasteiger partial charge in [0.15, 0.2) is 0 Å². The predicted molar refractivity (Wildman–Crippen MR) is 15.8 cm³/mol. The number of carboxylic acid groups (broad SMARTS) is 1. The Morgan fingerprint density at radius 3 is 2.20 bits per heavy atom. The predicted octanol–water partition coefficient (Wildman–Crippen LogP) is -1.06. The Bertz CT molecular complexity index is 58.7. The summed E-state index contributed by atoms with van der Waals surface area (Å²) in [5, 5.41) is 14.8. The van der Waals surface area contributed by atoms with Crippen molar-refractivity contribution in [3.63, 3.8) is 0 Å². The zero-order chi connectivity index (χ0) is 4.28. The van der Waals surface area contributed by atoms with Gasteiger partial charge >= 0.3 is 5.97 Å². The fourth-order valence-corrected chi connectivity index (χ4v) is 0. The van der Waals surface area contributed by atoms with Crippen molar-refractivity contribution in [3.8, 4) is 0 Å². The molecular weight excluding hydrogens is 70.0 g/mol. The van der Waals surface area contributed by atoms with Crippen LogP contribution in [0.1, 0.15) is 0 Å². The molecule has 0 saturated carbocycles.